The lowest BCUT2D eigenvalue weighted by Crippen LogP contribution is -2.32. The highest BCUT2D eigenvalue weighted by molar-refractivity contribution is 5.97. The zero-order valence-corrected chi connectivity index (χ0v) is 33.7. The Balaban J connectivity index is 0.781. The maximum absolute atomic E-state index is 13.6. The van der Waals surface area contributed by atoms with Crippen LogP contribution in [-0.4, -0.2) is 37.4 Å². The molecule has 0 spiro atoms. The molecule has 2 aliphatic rings. The van der Waals surface area contributed by atoms with Gasteiger partial charge in [-0.1, -0.05) is 103 Å². The quantitative estimate of drug-likeness (QED) is 0.0587. The van der Waals surface area contributed by atoms with Gasteiger partial charge in [0.2, 0.25) is 5.91 Å². The third-order valence-corrected chi connectivity index (χ3v) is 11.2. The van der Waals surface area contributed by atoms with Crippen LogP contribution >= 0.6 is 0 Å². The molecule has 1 amide bonds. The first-order valence-electron chi connectivity index (χ1n) is 20.6. The molecule has 0 aromatic heterocycles. The van der Waals surface area contributed by atoms with Crippen molar-refractivity contribution in [3.05, 3.63) is 179 Å². The molecule has 0 saturated carbocycles. The Kier molecular flexibility index (Phi) is 12.3. The van der Waals surface area contributed by atoms with Crippen molar-refractivity contribution in [3.8, 4) is 23.0 Å². The van der Waals surface area contributed by atoms with E-state index in [1.165, 1.54) is 22.3 Å². The van der Waals surface area contributed by atoms with Crippen molar-refractivity contribution in [2.45, 2.75) is 51.5 Å². The number of azo groups is 1. The number of nitrogens with zero attached hydrogens (tertiary/aromatic N) is 4. The number of carbonyl (C=O) groups is 3. The molecule has 8 heteroatoms. The first-order valence-corrected chi connectivity index (χ1v) is 20.6. The summed E-state index contributed by atoms with van der Waals surface area (Å²) < 4.78 is 5.81. The van der Waals surface area contributed by atoms with E-state index in [2.05, 4.69) is 70.3 Å². The highest BCUT2D eigenvalue weighted by Crippen LogP contribution is 2.44. The molecular formula is C52H46N4O4. The number of ether oxygens (including phenoxy) is 1. The van der Waals surface area contributed by atoms with Gasteiger partial charge in [0.15, 0.2) is 0 Å². The molecule has 8 nitrogen and oxygen atoms in total. The minimum absolute atomic E-state index is 0.00306. The van der Waals surface area contributed by atoms with Gasteiger partial charge < -0.3 is 14.5 Å². The fourth-order valence-corrected chi connectivity index (χ4v) is 8.00. The van der Waals surface area contributed by atoms with Crippen molar-refractivity contribution in [1.29, 1.82) is 0 Å². The Hall–Kier alpha value is -7.11. The summed E-state index contributed by atoms with van der Waals surface area (Å²) in [5, 5.41) is 8.83. The van der Waals surface area contributed by atoms with Crippen LogP contribution in [0.3, 0.4) is 0 Å². The van der Waals surface area contributed by atoms with Gasteiger partial charge in [-0.25, -0.2) is 0 Å². The summed E-state index contributed by atoms with van der Waals surface area (Å²) in [6.07, 6.45) is 1.54. The normalized spacial score (nSPS) is 12.6. The highest BCUT2D eigenvalue weighted by atomic mass is 16.5. The van der Waals surface area contributed by atoms with Crippen LogP contribution in [0, 0.1) is 11.8 Å². The van der Waals surface area contributed by atoms with Crippen molar-refractivity contribution in [1.82, 2.24) is 0 Å². The maximum atomic E-state index is 13.6. The number of para-hydroxylation sites is 1. The molecule has 1 heterocycles. The van der Waals surface area contributed by atoms with Gasteiger partial charge in [0.25, 0.3) is 0 Å². The molecule has 0 saturated heterocycles. The largest absolute Gasteiger partial charge is 0.465 e. The molecule has 0 bridgehead atoms. The van der Waals surface area contributed by atoms with Gasteiger partial charge in [-0.05, 0) is 101 Å². The number of rotatable bonds is 15. The van der Waals surface area contributed by atoms with Gasteiger partial charge in [-0.15, -0.1) is 0 Å². The smallest absolute Gasteiger partial charge is 0.305 e. The van der Waals surface area contributed by atoms with Crippen molar-refractivity contribution in [3.63, 3.8) is 0 Å². The molecular weight excluding hydrogens is 745 g/mol. The minimum Gasteiger partial charge on any atom is -0.465 e. The summed E-state index contributed by atoms with van der Waals surface area (Å²) in [5.41, 5.74) is 11.6. The van der Waals surface area contributed by atoms with E-state index >= 15 is 0 Å². The lowest BCUT2D eigenvalue weighted by atomic mass is 9.98. The number of ketones is 1. The van der Waals surface area contributed by atoms with Crippen LogP contribution in [0.4, 0.5) is 22.7 Å². The molecule has 298 valence electrons. The molecule has 0 unspecified atom stereocenters. The lowest BCUT2D eigenvalue weighted by molar-refractivity contribution is -0.144. The standard InChI is InChI=1S/C52H46N4O4/c1-2-55(33-11-20-52(59)60-36-49-47-17-8-6-15-45(47)46-16-7-9-18-48(46)49)43-29-27-42(28-30-43)54-53-41-25-21-37(22-26-41)34-44(57)31-32-51(58)56-35-40-14-4-3-12-38(40)23-24-39-13-5-10-19-50(39)56/h3-10,12-19,21-22,25-30,49H,2,11,20,31-36H2,1H3. The molecule has 60 heavy (non-hydrogen) atoms. The van der Waals surface area contributed by atoms with Gasteiger partial charge in [0.05, 0.1) is 23.6 Å². The first-order chi connectivity index (χ1) is 29.4. The van der Waals surface area contributed by atoms with Crippen LogP contribution in [0.15, 0.2) is 156 Å². The predicted molar refractivity (Wildman–Crippen MR) is 237 cm³/mol. The van der Waals surface area contributed by atoms with Crippen molar-refractivity contribution in [2.24, 2.45) is 10.2 Å². The van der Waals surface area contributed by atoms with E-state index in [1.807, 2.05) is 109 Å². The van der Waals surface area contributed by atoms with Gasteiger partial charge in [-0.2, -0.15) is 10.2 Å². The fraction of sp³-hybridized carbons (Fsp3) is 0.212. The van der Waals surface area contributed by atoms with Crippen LogP contribution < -0.4 is 9.80 Å². The number of esters is 1. The summed E-state index contributed by atoms with van der Waals surface area (Å²) >= 11 is 0. The summed E-state index contributed by atoms with van der Waals surface area (Å²) in [7, 11) is 0. The second-order valence-corrected chi connectivity index (χ2v) is 15.1. The number of fused-ring (bicyclic) bond motifs is 5. The third kappa shape index (κ3) is 9.27. The minimum atomic E-state index is -0.177. The van der Waals surface area contributed by atoms with E-state index in [-0.39, 0.29) is 42.8 Å². The maximum Gasteiger partial charge on any atom is 0.305 e. The number of hydrogen-bond donors (Lipinski definition) is 0. The number of amides is 1. The van der Waals surface area contributed by atoms with Crippen molar-refractivity contribution in [2.75, 3.05) is 29.5 Å². The van der Waals surface area contributed by atoms with Gasteiger partial charge in [0.1, 0.15) is 12.4 Å². The lowest BCUT2D eigenvalue weighted by Gasteiger charge is -2.26. The van der Waals surface area contributed by atoms with Crippen LogP contribution in [0.5, 0.6) is 0 Å². The second-order valence-electron chi connectivity index (χ2n) is 15.1. The number of Topliss-reactive ketones (excluding diaryl/α,β-unsaturated/α-hetero) is 1. The second kappa shape index (κ2) is 18.6. The molecule has 8 rings (SSSR count). The van der Waals surface area contributed by atoms with E-state index in [1.54, 1.807) is 4.90 Å². The predicted octanol–water partition coefficient (Wildman–Crippen LogP) is 10.9. The summed E-state index contributed by atoms with van der Waals surface area (Å²) in [6.45, 7) is 4.37. The third-order valence-electron chi connectivity index (χ3n) is 11.2. The molecule has 0 N–H and O–H groups in total. The molecule has 1 aliphatic carbocycles. The van der Waals surface area contributed by atoms with E-state index in [0.29, 0.717) is 31.7 Å². The van der Waals surface area contributed by atoms with Gasteiger partial charge in [-0.3, -0.25) is 14.4 Å². The molecule has 0 atom stereocenters. The fourth-order valence-electron chi connectivity index (χ4n) is 8.00. The average Bonchev–Trinajstić information content (AvgIpc) is 3.60. The summed E-state index contributed by atoms with van der Waals surface area (Å²) in [4.78, 5) is 43.4. The van der Waals surface area contributed by atoms with Crippen LogP contribution in [0.25, 0.3) is 11.1 Å². The number of carbonyl (C=O) groups excluding carboxylic acids is 3. The van der Waals surface area contributed by atoms with Crippen LogP contribution in [0.2, 0.25) is 0 Å². The monoisotopic (exact) mass is 790 g/mol. The Morgan fingerprint density at radius 1 is 0.683 bits per heavy atom. The molecule has 1 aliphatic heterocycles. The summed E-state index contributed by atoms with van der Waals surface area (Å²) in [5.74, 6) is 6.23. The van der Waals surface area contributed by atoms with Gasteiger partial charge in [0, 0.05) is 61.5 Å². The van der Waals surface area contributed by atoms with Crippen molar-refractivity contribution >= 4 is 40.4 Å². The van der Waals surface area contributed by atoms with E-state index in [9.17, 15) is 14.4 Å². The van der Waals surface area contributed by atoms with Gasteiger partial charge >= 0.3 is 5.97 Å². The molecule has 6 aromatic rings. The Bertz CT molecular complexity index is 2560. The van der Waals surface area contributed by atoms with Crippen LogP contribution in [0.1, 0.15) is 71.9 Å². The molecule has 6 aromatic carbocycles. The molecule has 0 fully saturated rings. The average molecular weight is 791 g/mol. The van der Waals surface area contributed by atoms with Crippen molar-refractivity contribution < 1.29 is 19.1 Å². The number of benzene rings is 6. The Morgan fingerprint density at radius 2 is 1.28 bits per heavy atom. The topological polar surface area (TPSA) is 91.6 Å². The Labute approximate surface area is 351 Å². The zero-order chi connectivity index (χ0) is 41.3. The summed E-state index contributed by atoms with van der Waals surface area (Å²) in [6, 6.07) is 47.6. The van der Waals surface area contributed by atoms with E-state index in [4.69, 9.17) is 4.74 Å². The highest BCUT2D eigenvalue weighted by Gasteiger charge is 2.29. The van der Waals surface area contributed by atoms with E-state index < -0.39 is 0 Å². The first kappa shape index (κ1) is 39.7. The van der Waals surface area contributed by atoms with E-state index in [0.717, 1.165) is 52.4 Å². The Morgan fingerprint density at radius 3 is 1.98 bits per heavy atom. The SMILES string of the molecule is CCN(CCCC(=O)OCC1c2ccccc2-c2ccccc21)c1ccc(N=Nc2ccc(CC(=O)CCC(=O)N3Cc4ccccc4C#Cc4ccccc43)cc2)cc1. The zero-order valence-electron chi connectivity index (χ0n) is 33.7. The molecule has 0 radical (unpaired) electrons. The van der Waals surface area contributed by atoms with Crippen LogP contribution in [-0.2, 0) is 32.1 Å². The number of anilines is 2. The number of hydrogen-bond acceptors (Lipinski definition) is 7.